The van der Waals surface area contributed by atoms with E-state index in [1.165, 1.54) is 0 Å². The monoisotopic (exact) mass is 643 g/mol. The van der Waals surface area contributed by atoms with Gasteiger partial charge in [0.2, 0.25) is 5.90 Å². The van der Waals surface area contributed by atoms with E-state index in [2.05, 4.69) is 15.3 Å². The maximum absolute atomic E-state index is 14.5. The summed E-state index contributed by atoms with van der Waals surface area (Å²) >= 11 is 0. The number of rotatable bonds is 15. The second kappa shape index (κ2) is 16.0. The van der Waals surface area contributed by atoms with Gasteiger partial charge in [-0.05, 0) is 85.8 Å². The van der Waals surface area contributed by atoms with Crippen molar-refractivity contribution in [3.05, 3.63) is 105 Å². The number of methoxy groups -OCH3 is 1. The van der Waals surface area contributed by atoms with Crippen molar-refractivity contribution in [2.24, 2.45) is 10.1 Å². The lowest BCUT2D eigenvalue weighted by Gasteiger charge is -2.32. The van der Waals surface area contributed by atoms with Crippen LogP contribution in [0.3, 0.4) is 0 Å². The first-order chi connectivity index (χ1) is 22.6. The lowest BCUT2D eigenvalue weighted by Crippen LogP contribution is -2.48. The average Bonchev–Trinajstić information content (AvgIpc) is 3.46. The molecule has 0 aromatic heterocycles. The molecular formula is C35H41N5O7. The van der Waals surface area contributed by atoms with Gasteiger partial charge in [0, 0.05) is 36.5 Å². The molecule has 2 atom stereocenters. The molecule has 12 heteroatoms. The second-order valence-corrected chi connectivity index (χ2v) is 12.0. The standard InChI is InChI=1S/C35H41N5O7/c1-34(2,3)47-30(42)18-19-35(33(43)37-22-24-10-14-27(44-4)15-11-24)31(29-9-6-5-8-26(29)23-38-40-36)46-32(39-35)25-12-16-28(17-13-25)45-21-7-20-41/h5-6,8-17,31,41H,7,18-23H2,1-4H3,(H,37,43)/t31-,35-/m1/s1. The number of esters is 1. The van der Waals surface area contributed by atoms with Gasteiger partial charge in [-0.2, -0.15) is 0 Å². The predicted octanol–water partition coefficient (Wildman–Crippen LogP) is 5.96. The van der Waals surface area contributed by atoms with Crippen LogP contribution < -0.4 is 14.8 Å². The first kappa shape index (κ1) is 34.8. The third-order valence-corrected chi connectivity index (χ3v) is 7.41. The maximum atomic E-state index is 14.5. The molecule has 3 aromatic carbocycles. The Balaban J connectivity index is 1.77. The molecule has 2 N–H and O–H groups in total. The molecule has 0 spiro atoms. The van der Waals surface area contributed by atoms with Crippen LogP contribution in [0.1, 0.15) is 68.4 Å². The summed E-state index contributed by atoms with van der Waals surface area (Å²) in [5.41, 5.74) is 9.44. The molecule has 0 unspecified atom stereocenters. The van der Waals surface area contributed by atoms with Crippen LogP contribution >= 0.6 is 0 Å². The molecule has 0 radical (unpaired) electrons. The number of amides is 1. The predicted molar refractivity (Wildman–Crippen MR) is 176 cm³/mol. The van der Waals surface area contributed by atoms with Crippen LogP contribution in [0.5, 0.6) is 11.5 Å². The van der Waals surface area contributed by atoms with Gasteiger partial charge in [-0.15, -0.1) is 0 Å². The Bertz CT molecular complexity index is 1600. The number of hydrogen-bond acceptors (Lipinski definition) is 9. The zero-order valence-corrected chi connectivity index (χ0v) is 27.1. The molecule has 1 aliphatic heterocycles. The Kier molecular flexibility index (Phi) is 11.8. The molecular weight excluding hydrogens is 602 g/mol. The van der Waals surface area contributed by atoms with Gasteiger partial charge in [0.05, 0.1) is 20.3 Å². The van der Waals surface area contributed by atoms with Crippen LogP contribution in [0.25, 0.3) is 10.4 Å². The van der Waals surface area contributed by atoms with Crippen molar-refractivity contribution in [2.45, 2.75) is 70.4 Å². The number of ether oxygens (including phenoxy) is 4. The van der Waals surface area contributed by atoms with Crippen molar-refractivity contribution >= 4 is 17.8 Å². The molecule has 12 nitrogen and oxygen atoms in total. The third kappa shape index (κ3) is 9.25. The quantitative estimate of drug-likeness (QED) is 0.0678. The van der Waals surface area contributed by atoms with Gasteiger partial charge in [0.1, 0.15) is 17.1 Å². The lowest BCUT2D eigenvalue weighted by atomic mass is 9.81. The summed E-state index contributed by atoms with van der Waals surface area (Å²) in [6.45, 7) is 5.94. The van der Waals surface area contributed by atoms with Gasteiger partial charge >= 0.3 is 5.97 Å². The Morgan fingerprint density at radius 1 is 1.06 bits per heavy atom. The van der Waals surface area contributed by atoms with E-state index in [0.29, 0.717) is 41.2 Å². The molecule has 0 bridgehead atoms. The fraction of sp³-hybridized carbons (Fsp3) is 0.400. The van der Waals surface area contributed by atoms with Crippen molar-refractivity contribution in [3.63, 3.8) is 0 Å². The maximum Gasteiger partial charge on any atom is 0.306 e. The molecule has 248 valence electrons. The number of carbonyl (C=O) groups is 2. The van der Waals surface area contributed by atoms with Gasteiger partial charge in [-0.3, -0.25) is 9.59 Å². The third-order valence-electron chi connectivity index (χ3n) is 7.41. The van der Waals surface area contributed by atoms with Crippen LogP contribution in [0, 0.1) is 0 Å². The molecule has 0 saturated carbocycles. The number of carbonyl (C=O) groups excluding carboxylic acids is 2. The number of aliphatic hydroxyl groups excluding tert-OH is 1. The number of hydrogen-bond donors (Lipinski definition) is 2. The van der Waals surface area contributed by atoms with Crippen molar-refractivity contribution in [3.8, 4) is 11.5 Å². The molecule has 0 saturated heterocycles. The highest BCUT2D eigenvalue weighted by atomic mass is 16.6. The smallest absolute Gasteiger partial charge is 0.306 e. The van der Waals surface area contributed by atoms with Gasteiger partial charge < -0.3 is 29.4 Å². The van der Waals surface area contributed by atoms with Crippen LogP contribution in [0.4, 0.5) is 0 Å². The molecule has 1 heterocycles. The molecule has 0 fully saturated rings. The minimum Gasteiger partial charge on any atom is -0.497 e. The van der Waals surface area contributed by atoms with Crippen molar-refractivity contribution in [2.75, 3.05) is 20.3 Å². The summed E-state index contributed by atoms with van der Waals surface area (Å²) in [5, 5.41) is 15.9. The molecule has 0 aliphatic carbocycles. The van der Waals surface area contributed by atoms with Gasteiger partial charge in [-0.25, -0.2) is 4.99 Å². The van der Waals surface area contributed by atoms with E-state index >= 15 is 0 Å². The summed E-state index contributed by atoms with van der Waals surface area (Å²) in [5.74, 6) is 0.576. The minimum atomic E-state index is -1.60. The van der Waals surface area contributed by atoms with E-state index in [0.717, 1.165) is 5.56 Å². The topological polar surface area (TPSA) is 164 Å². The van der Waals surface area contributed by atoms with Crippen LogP contribution in [-0.4, -0.2) is 54.3 Å². The van der Waals surface area contributed by atoms with Crippen molar-refractivity contribution in [1.29, 1.82) is 0 Å². The number of azide groups is 1. The highest BCUT2D eigenvalue weighted by Crippen LogP contribution is 2.44. The summed E-state index contributed by atoms with van der Waals surface area (Å²) in [6, 6.07) is 21.6. The first-order valence-electron chi connectivity index (χ1n) is 15.4. The summed E-state index contributed by atoms with van der Waals surface area (Å²) in [7, 11) is 1.58. The molecule has 3 aromatic rings. The second-order valence-electron chi connectivity index (χ2n) is 12.0. The van der Waals surface area contributed by atoms with Crippen LogP contribution in [0.2, 0.25) is 0 Å². The molecule has 1 aliphatic rings. The van der Waals surface area contributed by atoms with E-state index in [-0.39, 0.29) is 38.4 Å². The number of aliphatic imine (C=N–C) groups is 1. The number of aliphatic hydroxyl groups is 1. The van der Waals surface area contributed by atoms with Gasteiger partial charge in [0.25, 0.3) is 5.91 Å². The highest BCUT2D eigenvalue weighted by Gasteiger charge is 2.53. The number of nitrogens with zero attached hydrogens (tertiary/aromatic N) is 4. The zero-order valence-electron chi connectivity index (χ0n) is 27.1. The number of benzene rings is 3. The minimum absolute atomic E-state index is 0.0250. The van der Waals surface area contributed by atoms with Crippen molar-refractivity contribution < 1.29 is 33.6 Å². The summed E-state index contributed by atoms with van der Waals surface area (Å²) < 4.78 is 23.1. The zero-order chi connectivity index (χ0) is 33.9. The Labute approximate surface area is 274 Å². The van der Waals surface area contributed by atoms with Gasteiger partial charge in [-0.1, -0.05) is 41.5 Å². The SMILES string of the molecule is COc1ccc(CNC(=O)[C@]2(CCC(=O)OC(C)(C)C)N=C(c3ccc(OCCCO)cc3)O[C@@H]2c2ccccc2CN=[N+]=[N-])cc1. The van der Waals surface area contributed by atoms with E-state index in [9.17, 15) is 9.59 Å². The Morgan fingerprint density at radius 3 is 2.43 bits per heavy atom. The largest absolute Gasteiger partial charge is 0.497 e. The van der Waals surface area contributed by atoms with E-state index in [1.807, 2.05) is 30.3 Å². The normalized spacial score (nSPS) is 17.1. The van der Waals surface area contributed by atoms with E-state index in [1.54, 1.807) is 70.3 Å². The average molecular weight is 644 g/mol. The van der Waals surface area contributed by atoms with E-state index < -0.39 is 29.1 Å². The summed E-state index contributed by atoms with van der Waals surface area (Å²) in [6.07, 6.45) is -0.607. The van der Waals surface area contributed by atoms with Crippen molar-refractivity contribution in [1.82, 2.24) is 5.32 Å². The fourth-order valence-corrected chi connectivity index (χ4v) is 5.15. The highest BCUT2D eigenvalue weighted by molar-refractivity contribution is 6.01. The first-order valence-corrected chi connectivity index (χ1v) is 15.4. The Morgan fingerprint density at radius 2 is 1.77 bits per heavy atom. The molecule has 4 rings (SSSR count). The van der Waals surface area contributed by atoms with Gasteiger partial charge in [0.15, 0.2) is 11.6 Å². The van der Waals surface area contributed by atoms with Crippen LogP contribution in [-0.2, 0) is 32.2 Å². The van der Waals surface area contributed by atoms with E-state index in [4.69, 9.17) is 34.6 Å². The summed E-state index contributed by atoms with van der Waals surface area (Å²) in [4.78, 5) is 35.4. The molecule has 47 heavy (non-hydrogen) atoms. The lowest BCUT2D eigenvalue weighted by molar-refractivity contribution is -0.155. The number of nitrogens with one attached hydrogen (secondary N) is 1. The Hall–Kier alpha value is -5.06. The van der Waals surface area contributed by atoms with Crippen LogP contribution in [0.15, 0.2) is 82.9 Å². The fourth-order valence-electron chi connectivity index (χ4n) is 5.15. The molecule has 1 amide bonds.